The predicted molar refractivity (Wildman–Crippen MR) is 283 cm³/mol. The summed E-state index contributed by atoms with van der Waals surface area (Å²) in [5.41, 5.74) is 0. The second-order valence-corrected chi connectivity index (χ2v) is 19.9. The van der Waals surface area contributed by atoms with E-state index in [1.165, 1.54) is 212 Å². The van der Waals surface area contributed by atoms with E-state index in [-0.39, 0.29) is 18.4 Å². The molecule has 0 saturated carbocycles. The lowest BCUT2D eigenvalue weighted by molar-refractivity contribution is 0.0200. The number of nitrogens with one attached hydrogen (secondary N) is 3. The van der Waals surface area contributed by atoms with Crippen LogP contribution in [0.25, 0.3) is 0 Å². The molecule has 7 heteroatoms. The van der Waals surface area contributed by atoms with Gasteiger partial charge in [0, 0.05) is 19.4 Å². The van der Waals surface area contributed by atoms with Gasteiger partial charge in [0.1, 0.15) is 18.4 Å². The first kappa shape index (κ1) is 62.6. The Morgan fingerprint density at radius 1 is 0.484 bits per heavy atom. The molecule has 3 N–H and O–H groups in total. The summed E-state index contributed by atoms with van der Waals surface area (Å²) in [4.78, 5) is 2.19. The highest BCUT2D eigenvalue weighted by Gasteiger charge is 2.13. The molecule has 7 nitrogen and oxygen atoms in total. The number of ether oxygens (including phenoxy) is 3. The molecular formula is C57H114N4O3. The molecule has 380 valence electrons. The van der Waals surface area contributed by atoms with Gasteiger partial charge in [-0.1, -0.05) is 200 Å². The molecule has 0 spiro atoms. The van der Waals surface area contributed by atoms with Crippen LogP contribution in [0.5, 0.6) is 0 Å². The first-order valence-corrected chi connectivity index (χ1v) is 28.5. The summed E-state index contributed by atoms with van der Waals surface area (Å²) in [6.07, 6.45) is 56.0. The number of unbranched alkanes of at least 4 members (excludes halogenated alkanes) is 30. The Labute approximate surface area is 401 Å². The molecule has 0 fully saturated rings. The van der Waals surface area contributed by atoms with Gasteiger partial charge in [-0.3, -0.25) is 16.1 Å². The first-order chi connectivity index (χ1) is 31.3. The van der Waals surface area contributed by atoms with E-state index in [1.807, 2.05) is 6.92 Å². The van der Waals surface area contributed by atoms with Gasteiger partial charge in [-0.15, -0.1) is 0 Å². The molecule has 0 heterocycles. The van der Waals surface area contributed by atoms with Gasteiger partial charge in [0.05, 0.1) is 0 Å². The van der Waals surface area contributed by atoms with E-state index in [0.717, 1.165) is 71.1 Å². The molecule has 0 radical (unpaired) electrons. The van der Waals surface area contributed by atoms with Crippen molar-refractivity contribution >= 4 is 11.8 Å². The summed E-state index contributed by atoms with van der Waals surface area (Å²) in [7, 11) is 4.20. The number of allylic oxidation sites excluding steroid dienone is 1. The molecule has 0 amide bonds. The zero-order valence-electron chi connectivity index (χ0n) is 44.2. The number of hydrogen-bond donors (Lipinski definition) is 3. The fraction of sp³-hybridized carbons (Fsp3) is 0.930. The van der Waals surface area contributed by atoms with E-state index in [9.17, 15) is 0 Å². The molecule has 0 saturated heterocycles. The van der Waals surface area contributed by atoms with Crippen molar-refractivity contribution in [3.63, 3.8) is 0 Å². The molecule has 0 bridgehead atoms. The van der Waals surface area contributed by atoms with Crippen LogP contribution in [0.2, 0.25) is 0 Å². The van der Waals surface area contributed by atoms with Crippen LogP contribution >= 0.6 is 0 Å². The monoisotopic (exact) mass is 903 g/mol. The Morgan fingerprint density at radius 2 is 0.906 bits per heavy atom. The highest BCUT2D eigenvalue weighted by atomic mass is 16.5. The quantitative estimate of drug-likeness (QED) is 0.0186. The van der Waals surface area contributed by atoms with Crippen LogP contribution < -0.4 is 5.32 Å². The van der Waals surface area contributed by atoms with E-state index < -0.39 is 0 Å². The third-order valence-electron chi connectivity index (χ3n) is 12.9. The lowest BCUT2D eigenvalue weighted by Gasteiger charge is -2.20. The Morgan fingerprint density at radius 3 is 1.44 bits per heavy atom. The highest BCUT2D eigenvalue weighted by Crippen LogP contribution is 2.19. The van der Waals surface area contributed by atoms with E-state index in [0.29, 0.717) is 11.8 Å². The maximum atomic E-state index is 8.54. The molecule has 0 aromatic heterocycles. The van der Waals surface area contributed by atoms with Crippen LogP contribution in [0.1, 0.15) is 291 Å². The van der Waals surface area contributed by atoms with Gasteiger partial charge in [-0.2, -0.15) is 0 Å². The first-order valence-electron chi connectivity index (χ1n) is 28.5. The maximum Gasteiger partial charge on any atom is 0.181 e. The smallest absolute Gasteiger partial charge is 0.181 e. The largest absolute Gasteiger partial charge is 0.478 e. The summed E-state index contributed by atoms with van der Waals surface area (Å²) < 4.78 is 18.6. The zero-order chi connectivity index (χ0) is 46.8. The predicted octanol–water partition coefficient (Wildman–Crippen LogP) is 17.8. The molecule has 0 aromatic carbocycles. The number of nitrogens with zero attached hydrogens (tertiary/aromatic N) is 1. The molecule has 0 rings (SSSR count). The standard InChI is InChI=1S/C57H114N4O3/c1-7-10-13-16-19-27-34-41-50-60-57(62-52-42-35-28-20-17-14-11-8-2)49-40-33-26-22-24-31-38-46-54(64-56(59)48-43-51-61(5)6)45-37-30-23-21-25-32-39-47-55(58)63-53(4)44-36-29-18-15-12-9-3/h36,44,53-54,57-60H,7-35,37-43,45-52H2,1-6H3/b44-36-,58-55?,59-56?. The van der Waals surface area contributed by atoms with Crippen molar-refractivity contribution in [1.82, 2.24) is 10.2 Å². The van der Waals surface area contributed by atoms with Crippen molar-refractivity contribution in [1.29, 1.82) is 10.8 Å². The SMILES string of the molecule is CCCCCC/C=C\C(C)OC(=N)CCCCCCCCCC(CCCCCCCCCC(NCCCCCCCCCC)OCCCCCCCCCC)OC(=N)CCCN(C)C. The third kappa shape index (κ3) is 48.5. The van der Waals surface area contributed by atoms with Crippen molar-refractivity contribution in [2.45, 2.75) is 309 Å². The van der Waals surface area contributed by atoms with Crippen molar-refractivity contribution < 1.29 is 14.2 Å². The van der Waals surface area contributed by atoms with Gasteiger partial charge in [0.25, 0.3) is 0 Å². The second kappa shape index (κ2) is 51.0. The molecule has 0 aromatic rings. The van der Waals surface area contributed by atoms with Gasteiger partial charge in [0.15, 0.2) is 11.8 Å². The Bertz CT molecular complexity index is 968. The zero-order valence-corrected chi connectivity index (χ0v) is 44.2. The van der Waals surface area contributed by atoms with Crippen molar-refractivity contribution in [3.8, 4) is 0 Å². The summed E-state index contributed by atoms with van der Waals surface area (Å²) in [5, 5.41) is 20.6. The normalized spacial score (nSPS) is 13.2. The van der Waals surface area contributed by atoms with Gasteiger partial charge >= 0.3 is 0 Å². The topological polar surface area (TPSA) is 90.7 Å². The second-order valence-electron chi connectivity index (χ2n) is 19.9. The van der Waals surface area contributed by atoms with Crippen molar-refractivity contribution in [2.75, 3.05) is 33.8 Å². The molecule has 3 unspecified atom stereocenters. The molecule has 0 aliphatic carbocycles. The summed E-state index contributed by atoms with van der Waals surface area (Å²) in [6.45, 7) is 11.9. The molecule has 3 atom stereocenters. The summed E-state index contributed by atoms with van der Waals surface area (Å²) >= 11 is 0. The van der Waals surface area contributed by atoms with Crippen LogP contribution in [0.15, 0.2) is 12.2 Å². The Hall–Kier alpha value is -1.44. The molecular weight excluding hydrogens is 789 g/mol. The minimum absolute atomic E-state index is 0.00118. The highest BCUT2D eigenvalue weighted by molar-refractivity contribution is 5.73. The van der Waals surface area contributed by atoms with Crippen LogP contribution in [-0.4, -0.2) is 68.9 Å². The Balaban J connectivity index is 4.40. The minimum Gasteiger partial charge on any atom is -0.478 e. The maximum absolute atomic E-state index is 8.54. The number of hydrogen-bond acceptors (Lipinski definition) is 7. The average molecular weight is 904 g/mol. The van der Waals surface area contributed by atoms with E-state index in [4.69, 9.17) is 25.0 Å². The lowest BCUT2D eigenvalue weighted by Crippen LogP contribution is -2.33. The van der Waals surface area contributed by atoms with E-state index in [2.05, 4.69) is 57.2 Å². The average Bonchev–Trinajstić information content (AvgIpc) is 3.27. The van der Waals surface area contributed by atoms with Gasteiger partial charge in [0.2, 0.25) is 0 Å². The van der Waals surface area contributed by atoms with E-state index >= 15 is 0 Å². The lowest BCUT2D eigenvalue weighted by atomic mass is 10.0. The summed E-state index contributed by atoms with van der Waals surface area (Å²) in [5.74, 6) is 0.925. The van der Waals surface area contributed by atoms with Crippen molar-refractivity contribution in [2.24, 2.45) is 0 Å². The van der Waals surface area contributed by atoms with Gasteiger partial charge in [-0.25, -0.2) is 0 Å². The Kier molecular flexibility index (Phi) is 49.8. The third-order valence-corrected chi connectivity index (χ3v) is 12.9. The van der Waals surface area contributed by atoms with Crippen LogP contribution in [0.3, 0.4) is 0 Å². The minimum atomic E-state index is -0.00118. The van der Waals surface area contributed by atoms with E-state index in [1.54, 1.807) is 0 Å². The fourth-order valence-corrected chi connectivity index (χ4v) is 8.73. The summed E-state index contributed by atoms with van der Waals surface area (Å²) in [6, 6.07) is 0. The van der Waals surface area contributed by atoms with Crippen LogP contribution in [-0.2, 0) is 14.2 Å². The fourth-order valence-electron chi connectivity index (χ4n) is 8.73. The van der Waals surface area contributed by atoms with Crippen LogP contribution in [0.4, 0.5) is 0 Å². The van der Waals surface area contributed by atoms with Crippen LogP contribution in [0, 0.1) is 10.8 Å². The molecule has 64 heavy (non-hydrogen) atoms. The van der Waals surface area contributed by atoms with Crippen molar-refractivity contribution in [3.05, 3.63) is 12.2 Å². The molecule has 0 aliphatic heterocycles. The van der Waals surface area contributed by atoms with Gasteiger partial charge in [-0.05, 0) is 117 Å². The molecule has 0 aliphatic rings. The van der Waals surface area contributed by atoms with Gasteiger partial charge < -0.3 is 19.1 Å². The number of rotatable bonds is 52.